The first-order valence-corrected chi connectivity index (χ1v) is 7.52. The summed E-state index contributed by atoms with van der Waals surface area (Å²) < 4.78 is 12.8. The average molecular weight is 337 g/mol. The second-order valence-corrected chi connectivity index (χ2v) is 5.62. The molecule has 9 heteroatoms. The maximum atomic E-state index is 12.8. The van der Waals surface area contributed by atoms with Gasteiger partial charge in [-0.05, 0) is 37.6 Å². The summed E-state index contributed by atoms with van der Waals surface area (Å²) in [5, 5.41) is 7.45. The quantitative estimate of drug-likeness (QED) is 0.644. The molecule has 1 aliphatic rings. The van der Waals surface area contributed by atoms with Gasteiger partial charge in [0.1, 0.15) is 5.82 Å². The molecule has 0 aromatic heterocycles. The van der Waals surface area contributed by atoms with Crippen LogP contribution in [0.5, 0.6) is 0 Å². The van der Waals surface area contributed by atoms with E-state index in [0.717, 1.165) is 0 Å². The third-order valence-corrected chi connectivity index (χ3v) is 3.83. The lowest BCUT2D eigenvalue weighted by atomic mass is 10.2. The van der Waals surface area contributed by atoms with Crippen LogP contribution in [0.3, 0.4) is 0 Å². The van der Waals surface area contributed by atoms with Crippen molar-refractivity contribution in [2.45, 2.75) is 25.4 Å². The Balaban J connectivity index is 1.80. The van der Waals surface area contributed by atoms with Crippen LogP contribution >= 0.6 is 0 Å². The number of nitrogens with two attached hydrogens (primary N) is 1. The Hall–Kier alpha value is -2.68. The number of anilines is 1. The SMILES string of the molecule is C[C@@H](C(=O)NC(N)=O)N1CC[C@H](NC(=O)Nc2ccc(F)cc2)C1. The van der Waals surface area contributed by atoms with Gasteiger partial charge in [0.25, 0.3) is 0 Å². The first-order chi connectivity index (χ1) is 11.3. The molecule has 1 aromatic carbocycles. The highest BCUT2D eigenvalue weighted by Gasteiger charge is 2.30. The Morgan fingerprint density at radius 3 is 2.58 bits per heavy atom. The molecule has 2 atom stereocenters. The van der Waals surface area contributed by atoms with E-state index in [1.165, 1.54) is 24.3 Å². The van der Waals surface area contributed by atoms with E-state index < -0.39 is 24.0 Å². The van der Waals surface area contributed by atoms with Crippen molar-refractivity contribution in [3.8, 4) is 0 Å². The van der Waals surface area contributed by atoms with Gasteiger partial charge in [0, 0.05) is 24.8 Å². The normalized spacial score (nSPS) is 18.7. The largest absolute Gasteiger partial charge is 0.351 e. The predicted molar refractivity (Wildman–Crippen MR) is 85.7 cm³/mol. The summed E-state index contributed by atoms with van der Waals surface area (Å²) in [5.74, 6) is -0.852. The number of primary amides is 1. The van der Waals surface area contributed by atoms with Gasteiger partial charge < -0.3 is 16.4 Å². The number of urea groups is 2. The van der Waals surface area contributed by atoms with Crippen molar-refractivity contribution in [2.24, 2.45) is 5.73 Å². The molecule has 8 nitrogen and oxygen atoms in total. The van der Waals surface area contributed by atoms with Gasteiger partial charge in [0.2, 0.25) is 5.91 Å². The lowest BCUT2D eigenvalue weighted by Crippen LogP contribution is -2.48. The summed E-state index contributed by atoms with van der Waals surface area (Å²) in [6, 6.07) is 3.50. The maximum absolute atomic E-state index is 12.8. The number of hydrogen-bond donors (Lipinski definition) is 4. The van der Waals surface area contributed by atoms with Gasteiger partial charge in [-0.25, -0.2) is 14.0 Å². The number of nitrogens with zero attached hydrogens (tertiary/aromatic N) is 1. The van der Waals surface area contributed by atoms with Gasteiger partial charge in [-0.2, -0.15) is 0 Å². The zero-order valence-corrected chi connectivity index (χ0v) is 13.2. The van der Waals surface area contributed by atoms with E-state index in [2.05, 4.69) is 10.6 Å². The number of nitrogens with one attached hydrogen (secondary N) is 3. The second-order valence-electron chi connectivity index (χ2n) is 5.62. The summed E-state index contributed by atoms with van der Waals surface area (Å²) in [4.78, 5) is 36.3. The van der Waals surface area contributed by atoms with E-state index in [-0.39, 0.29) is 11.9 Å². The van der Waals surface area contributed by atoms with E-state index in [1.807, 2.05) is 10.2 Å². The minimum Gasteiger partial charge on any atom is -0.351 e. The molecule has 5 N–H and O–H groups in total. The second kappa shape index (κ2) is 7.73. The molecule has 130 valence electrons. The van der Waals surface area contributed by atoms with Gasteiger partial charge >= 0.3 is 12.1 Å². The highest BCUT2D eigenvalue weighted by molar-refractivity contribution is 5.96. The Kier molecular flexibility index (Phi) is 5.69. The van der Waals surface area contributed by atoms with Crippen LogP contribution in [0, 0.1) is 5.82 Å². The van der Waals surface area contributed by atoms with E-state index in [0.29, 0.717) is 25.2 Å². The first kappa shape index (κ1) is 17.7. The monoisotopic (exact) mass is 337 g/mol. The molecule has 1 saturated heterocycles. The van der Waals surface area contributed by atoms with Crippen LogP contribution in [0.1, 0.15) is 13.3 Å². The molecule has 1 aromatic rings. The zero-order valence-electron chi connectivity index (χ0n) is 13.2. The van der Waals surface area contributed by atoms with Crippen LogP contribution in [0.15, 0.2) is 24.3 Å². The highest BCUT2D eigenvalue weighted by Crippen LogP contribution is 2.14. The number of halogens is 1. The molecular weight excluding hydrogens is 317 g/mol. The van der Waals surface area contributed by atoms with Crippen molar-refractivity contribution in [2.75, 3.05) is 18.4 Å². The first-order valence-electron chi connectivity index (χ1n) is 7.52. The maximum Gasteiger partial charge on any atom is 0.319 e. The molecule has 1 aliphatic heterocycles. The fraction of sp³-hybridized carbons (Fsp3) is 0.400. The smallest absolute Gasteiger partial charge is 0.319 e. The number of rotatable bonds is 4. The number of benzene rings is 1. The molecule has 0 unspecified atom stereocenters. The predicted octanol–water partition coefficient (Wildman–Crippen LogP) is 0.605. The van der Waals surface area contributed by atoms with E-state index in [4.69, 9.17) is 5.73 Å². The molecule has 0 aliphatic carbocycles. The summed E-state index contributed by atoms with van der Waals surface area (Å²) in [7, 11) is 0. The number of carbonyl (C=O) groups is 3. The Morgan fingerprint density at radius 1 is 1.29 bits per heavy atom. The summed E-state index contributed by atoms with van der Waals surface area (Å²) in [6.07, 6.45) is 0.672. The molecule has 0 radical (unpaired) electrons. The van der Waals surface area contributed by atoms with Crippen molar-refractivity contribution < 1.29 is 18.8 Å². The van der Waals surface area contributed by atoms with Crippen molar-refractivity contribution >= 4 is 23.7 Å². The van der Waals surface area contributed by atoms with E-state index in [1.54, 1.807) is 6.92 Å². The van der Waals surface area contributed by atoms with Crippen LogP contribution in [0.2, 0.25) is 0 Å². The molecule has 24 heavy (non-hydrogen) atoms. The number of amides is 5. The molecule has 1 heterocycles. The lowest BCUT2D eigenvalue weighted by Gasteiger charge is -2.22. The average Bonchev–Trinajstić information content (AvgIpc) is 2.96. The number of imide groups is 1. The highest BCUT2D eigenvalue weighted by atomic mass is 19.1. The minimum atomic E-state index is -0.889. The van der Waals surface area contributed by atoms with Crippen LogP contribution < -0.4 is 21.7 Å². The summed E-state index contributed by atoms with van der Waals surface area (Å²) >= 11 is 0. The Morgan fingerprint density at radius 2 is 1.96 bits per heavy atom. The van der Waals surface area contributed by atoms with Crippen LogP contribution in [-0.4, -0.2) is 48.0 Å². The molecule has 5 amide bonds. The molecular formula is C15H20FN5O3. The molecule has 0 spiro atoms. The van der Waals surface area contributed by atoms with Crippen LogP contribution in [0.4, 0.5) is 19.7 Å². The van der Waals surface area contributed by atoms with Crippen molar-refractivity contribution in [1.29, 1.82) is 0 Å². The molecule has 0 bridgehead atoms. The van der Waals surface area contributed by atoms with Gasteiger partial charge in [0.05, 0.1) is 6.04 Å². The van der Waals surface area contributed by atoms with Gasteiger partial charge in [-0.1, -0.05) is 0 Å². The minimum absolute atomic E-state index is 0.130. The fourth-order valence-corrected chi connectivity index (χ4v) is 2.53. The van der Waals surface area contributed by atoms with Crippen LogP contribution in [-0.2, 0) is 4.79 Å². The van der Waals surface area contributed by atoms with Crippen molar-refractivity contribution in [1.82, 2.24) is 15.5 Å². The lowest BCUT2D eigenvalue weighted by molar-refractivity contribution is -0.124. The number of carbonyl (C=O) groups excluding carboxylic acids is 3. The van der Waals surface area contributed by atoms with Crippen molar-refractivity contribution in [3.05, 3.63) is 30.1 Å². The molecule has 1 fully saturated rings. The number of likely N-dealkylation sites (tertiary alicyclic amines) is 1. The standard InChI is InChI=1S/C15H20FN5O3/c1-9(13(22)20-14(17)23)21-7-6-12(8-21)19-15(24)18-11-4-2-10(16)3-5-11/h2-5,9,12H,6-8H2,1H3,(H2,18,19,24)(H3,17,20,22,23)/t9-,12-/m0/s1. The molecule has 2 rings (SSSR count). The van der Waals surface area contributed by atoms with E-state index in [9.17, 15) is 18.8 Å². The Bertz CT molecular complexity index is 622. The topological polar surface area (TPSA) is 117 Å². The van der Waals surface area contributed by atoms with Crippen molar-refractivity contribution in [3.63, 3.8) is 0 Å². The van der Waals surface area contributed by atoms with Gasteiger partial charge in [0.15, 0.2) is 0 Å². The Labute approximate surface area is 138 Å². The third kappa shape index (κ3) is 4.92. The van der Waals surface area contributed by atoms with Gasteiger partial charge in [-0.15, -0.1) is 0 Å². The van der Waals surface area contributed by atoms with Gasteiger partial charge in [-0.3, -0.25) is 15.0 Å². The third-order valence-electron chi connectivity index (χ3n) is 3.83. The van der Waals surface area contributed by atoms with E-state index >= 15 is 0 Å². The fourth-order valence-electron chi connectivity index (χ4n) is 2.53. The molecule has 0 saturated carbocycles. The summed E-state index contributed by atoms with van der Waals surface area (Å²) in [6.45, 7) is 2.75. The summed E-state index contributed by atoms with van der Waals surface area (Å²) in [5.41, 5.74) is 5.41. The number of hydrogen-bond acceptors (Lipinski definition) is 4. The van der Waals surface area contributed by atoms with Crippen LogP contribution in [0.25, 0.3) is 0 Å². The zero-order chi connectivity index (χ0) is 17.7.